The Labute approximate surface area is 119 Å². The first kappa shape index (κ1) is 14.4. The number of rotatable bonds is 4. The molecule has 0 bridgehead atoms. The molecule has 2 rings (SSSR count). The van der Waals surface area contributed by atoms with Crippen LogP contribution in [-0.2, 0) is 0 Å². The highest BCUT2D eigenvalue weighted by molar-refractivity contribution is 5.75. The predicted molar refractivity (Wildman–Crippen MR) is 79.0 cm³/mol. The molecule has 0 aliphatic rings. The van der Waals surface area contributed by atoms with Crippen molar-refractivity contribution in [3.05, 3.63) is 47.8 Å². The standard InChI is InChI=1S/C17H19FO2/c1-11(2)13-6-5-7-15(18)17(13)14-10-12(19-3)8-9-16(14)20-4/h5-11H,1-4H3. The van der Waals surface area contributed by atoms with Crippen molar-refractivity contribution in [3.63, 3.8) is 0 Å². The van der Waals surface area contributed by atoms with Crippen LogP contribution in [-0.4, -0.2) is 14.2 Å². The largest absolute Gasteiger partial charge is 0.497 e. The summed E-state index contributed by atoms with van der Waals surface area (Å²) in [7, 11) is 3.18. The van der Waals surface area contributed by atoms with Crippen molar-refractivity contribution >= 4 is 0 Å². The van der Waals surface area contributed by atoms with Gasteiger partial charge in [-0.3, -0.25) is 0 Å². The van der Waals surface area contributed by atoms with Gasteiger partial charge < -0.3 is 9.47 Å². The van der Waals surface area contributed by atoms with E-state index in [1.165, 1.54) is 6.07 Å². The first-order chi connectivity index (χ1) is 9.58. The smallest absolute Gasteiger partial charge is 0.131 e. The highest BCUT2D eigenvalue weighted by Crippen LogP contribution is 2.39. The zero-order chi connectivity index (χ0) is 14.7. The molecule has 0 fully saturated rings. The molecule has 0 unspecified atom stereocenters. The molecule has 0 heterocycles. The van der Waals surface area contributed by atoms with E-state index >= 15 is 0 Å². The lowest BCUT2D eigenvalue weighted by Gasteiger charge is -2.17. The lowest BCUT2D eigenvalue weighted by atomic mass is 9.91. The number of methoxy groups -OCH3 is 2. The summed E-state index contributed by atoms with van der Waals surface area (Å²) in [5.74, 6) is 1.29. The van der Waals surface area contributed by atoms with Gasteiger partial charge in [-0.1, -0.05) is 26.0 Å². The second kappa shape index (κ2) is 5.95. The molecule has 0 N–H and O–H groups in total. The maximum Gasteiger partial charge on any atom is 0.131 e. The van der Waals surface area contributed by atoms with E-state index in [2.05, 4.69) is 0 Å². The summed E-state index contributed by atoms with van der Waals surface area (Å²) < 4.78 is 25.0. The molecule has 2 aromatic rings. The van der Waals surface area contributed by atoms with Gasteiger partial charge in [0.25, 0.3) is 0 Å². The summed E-state index contributed by atoms with van der Waals surface area (Å²) in [5.41, 5.74) is 2.25. The molecule has 106 valence electrons. The summed E-state index contributed by atoms with van der Waals surface area (Å²) in [6.45, 7) is 4.09. The molecule has 0 saturated carbocycles. The second-order valence-electron chi connectivity index (χ2n) is 4.92. The van der Waals surface area contributed by atoms with Crippen molar-refractivity contribution in [3.8, 4) is 22.6 Å². The fourth-order valence-corrected chi connectivity index (χ4v) is 2.32. The summed E-state index contributed by atoms with van der Waals surface area (Å²) >= 11 is 0. The van der Waals surface area contributed by atoms with Gasteiger partial charge in [-0.05, 0) is 35.7 Å². The van der Waals surface area contributed by atoms with Gasteiger partial charge in [0, 0.05) is 11.1 Å². The van der Waals surface area contributed by atoms with Crippen LogP contribution in [0.2, 0.25) is 0 Å². The second-order valence-corrected chi connectivity index (χ2v) is 4.92. The molecule has 0 aromatic heterocycles. The van der Waals surface area contributed by atoms with Gasteiger partial charge in [0.2, 0.25) is 0 Å². The van der Waals surface area contributed by atoms with E-state index in [0.717, 1.165) is 5.56 Å². The number of benzene rings is 2. The molecule has 2 aromatic carbocycles. The van der Waals surface area contributed by atoms with E-state index in [9.17, 15) is 4.39 Å². The summed E-state index contributed by atoms with van der Waals surface area (Å²) in [6, 6.07) is 10.6. The minimum absolute atomic E-state index is 0.219. The third kappa shape index (κ3) is 2.62. The molecule has 0 radical (unpaired) electrons. The summed E-state index contributed by atoms with van der Waals surface area (Å²) in [6.07, 6.45) is 0. The first-order valence-corrected chi connectivity index (χ1v) is 6.59. The van der Waals surface area contributed by atoms with Crippen LogP contribution in [0.25, 0.3) is 11.1 Å². The Hall–Kier alpha value is -2.03. The number of hydrogen-bond acceptors (Lipinski definition) is 2. The molecule has 0 saturated heterocycles. The Kier molecular flexibility index (Phi) is 4.28. The van der Waals surface area contributed by atoms with E-state index in [1.54, 1.807) is 32.4 Å². The zero-order valence-corrected chi connectivity index (χ0v) is 12.2. The van der Waals surface area contributed by atoms with E-state index in [-0.39, 0.29) is 11.7 Å². The molecule has 0 atom stereocenters. The fraction of sp³-hybridized carbons (Fsp3) is 0.294. The van der Waals surface area contributed by atoms with Crippen molar-refractivity contribution in [2.45, 2.75) is 19.8 Å². The van der Waals surface area contributed by atoms with E-state index < -0.39 is 0 Å². The summed E-state index contributed by atoms with van der Waals surface area (Å²) in [5, 5.41) is 0. The van der Waals surface area contributed by atoms with Crippen molar-refractivity contribution < 1.29 is 13.9 Å². The third-order valence-corrected chi connectivity index (χ3v) is 3.34. The number of hydrogen-bond donors (Lipinski definition) is 0. The van der Waals surface area contributed by atoms with Crippen molar-refractivity contribution in [1.82, 2.24) is 0 Å². The fourth-order valence-electron chi connectivity index (χ4n) is 2.32. The highest BCUT2D eigenvalue weighted by atomic mass is 19.1. The molecule has 3 heteroatoms. The Bertz CT molecular complexity index is 606. The molecule has 20 heavy (non-hydrogen) atoms. The van der Waals surface area contributed by atoms with E-state index in [4.69, 9.17) is 9.47 Å². The predicted octanol–water partition coefficient (Wildman–Crippen LogP) is 4.63. The van der Waals surface area contributed by atoms with Crippen LogP contribution in [0.5, 0.6) is 11.5 Å². The van der Waals surface area contributed by atoms with Crippen LogP contribution in [0, 0.1) is 5.82 Å². The van der Waals surface area contributed by atoms with Crippen LogP contribution in [0.15, 0.2) is 36.4 Å². The van der Waals surface area contributed by atoms with Gasteiger partial charge >= 0.3 is 0 Å². The van der Waals surface area contributed by atoms with Crippen molar-refractivity contribution in [1.29, 1.82) is 0 Å². The maximum absolute atomic E-state index is 14.4. The van der Waals surface area contributed by atoms with Crippen LogP contribution < -0.4 is 9.47 Å². The normalized spacial score (nSPS) is 10.7. The minimum Gasteiger partial charge on any atom is -0.497 e. The van der Waals surface area contributed by atoms with Gasteiger partial charge in [0.1, 0.15) is 17.3 Å². The van der Waals surface area contributed by atoms with Gasteiger partial charge in [0.05, 0.1) is 14.2 Å². The molecule has 0 aliphatic carbocycles. The van der Waals surface area contributed by atoms with E-state index in [0.29, 0.717) is 22.6 Å². The van der Waals surface area contributed by atoms with Crippen molar-refractivity contribution in [2.75, 3.05) is 14.2 Å². The Morgan fingerprint density at radius 3 is 2.35 bits per heavy atom. The van der Waals surface area contributed by atoms with Crippen molar-refractivity contribution in [2.24, 2.45) is 0 Å². The average Bonchev–Trinajstić information content (AvgIpc) is 2.46. The molecule has 0 aliphatic heterocycles. The van der Waals surface area contributed by atoms with Gasteiger partial charge in [-0.15, -0.1) is 0 Å². The molecule has 0 spiro atoms. The first-order valence-electron chi connectivity index (χ1n) is 6.59. The molecule has 2 nitrogen and oxygen atoms in total. The lowest BCUT2D eigenvalue weighted by Crippen LogP contribution is -1.98. The molecular weight excluding hydrogens is 255 g/mol. The number of ether oxygens (including phenoxy) is 2. The maximum atomic E-state index is 14.4. The van der Waals surface area contributed by atoms with Crippen LogP contribution in [0.1, 0.15) is 25.3 Å². The number of halogens is 1. The SMILES string of the molecule is COc1ccc(OC)c(-c2c(F)cccc2C(C)C)c1. The Balaban J connectivity index is 2.73. The Morgan fingerprint density at radius 1 is 1.00 bits per heavy atom. The Morgan fingerprint density at radius 2 is 1.75 bits per heavy atom. The lowest BCUT2D eigenvalue weighted by molar-refractivity contribution is 0.404. The zero-order valence-electron chi connectivity index (χ0n) is 12.2. The van der Waals surface area contributed by atoms with Gasteiger partial charge in [-0.2, -0.15) is 0 Å². The van der Waals surface area contributed by atoms with Gasteiger partial charge in [0.15, 0.2) is 0 Å². The summed E-state index contributed by atoms with van der Waals surface area (Å²) in [4.78, 5) is 0. The van der Waals surface area contributed by atoms with Crippen LogP contribution >= 0.6 is 0 Å². The van der Waals surface area contributed by atoms with Crippen LogP contribution in [0.3, 0.4) is 0 Å². The molecule has 0 amide bonds. The monoisotopic (exact) mass is 274 g/mol. The quantitative estimate of drug-likeness (QED) is 0.809. The average molecular weight is 274 g/mol. The van der Waals surface area contributed by atoms with Crippen LogP contribution in [0.4, 0.5) is 4.39 Å². The third-order valence-electron chi connectivity index (χ3n) is 3.34. The molecular formula is C17H19FO2. The van der Waals surface area contributed by atoms with E-state index in [1.807, 2.05) is 26.0 Å². The van der Waals surface area contributed by atoms with Gasteiger partial charge in [-0.25, -0.2) is 4.39 Å². The minimum atomic E-state index is -0.247. The topological polar surface area (TPSA) is 18.5 Å². The highest BCUT2D eigenvalue weighted by Gasteiger charge is 2.17.